The zero-order valence-corrected chi connectivity index (χ0v) is 13.9. The first-order valence-corrected chi connectivity index (χ1v) is 8.04. The second kappa shape index (κ2) is 8.09. The van der Waals surface area contributed by atoms with Crippen molar-refractivity contribution in [3.8, 4) is 5.75 Å². The average molecular weight is 341 g/mol. The number of furan rings is 1. The van der Waals surface area contributed by atoms with Gasteiger partial charge in [0.15, 0.2) is 5.82 Å². The summed E-state index contributed by atoms with van der Waals surface area (Å²) in [5.74, 6) is 2.02. The van der Waals surface area contributed by atoms with E-state index in [9.17, 15) is 4.79 Å². The lowest BCUT2D eigenvalue weighted by Gasteiger charge is -2.07. The van der Waals surface area contributed by atoms with E-state index >= 15 is 0 Å². The van der Waals surface area contributed by atoms with Crippen molar-refractivity contribution < 1.29 is 13.9 Å². The molecule has 0 saturated carbocycles. The summed E-state index contributed by atoms with van der Waals surface area (Å²) in [6.07, 6.45) is 2.28. The Kier molecular flexibility index (Phi) is 5.40. The number of hydrogen-bond donors (Lipinski definition) is 1. The minimum atomic E-state index is -0.131. The highest BCUT2D eigenvalue weighted by Crippen LogP contribution is 2.13. The first-order valence-electron chi connectivity index (χ1n) is 8.04. The van der Waals surface area contributed by atoms with E-state index in [-0.39, 0.29) is 12.5 Å². The van der Waals surface area contributed by atoms with E-state index in [4.69, 9.17) is 9.15 Å². The maximum Gasteiger partial charge on any atom is 0.251 e. The summed E-state index contributed by atoms with van der Waals surface area (Å²) in [7, 11) is 0. The highest BCUT2D eigenvalue weighted by molar-refractivity contribution is 5.94. The minimum absolute atomic E-state index is 0.131. The Balaban J connectivity index is 1.48. The van der Waals surface area contributed by atoms with Crippen LogP contribution in [0.1, 0.15) is 28.9 Å². The molecule has 3 rings (SSSR count). The predicted molar refractivity (Wildman–Crippen MR) is 89.0 cm³/mol. The van der Waals surface area contributed by atoms with Gasteiger partial charge in [-0.05, 0) is 53.7 Å². The quantitative estimate of drug-likeness (QED) is 0.672. The van der Waals surface area contributed by atoms with Gasteiger partial charge in [0.1, 0.15) is 18.1 Å². The molecular formula is C17H19N5O3. The van der Waals surface area contributed by atoms with Crippen molar-refractivity contribution in [1.29, 1.82) is 0 Å². The van der Waals surface area contributed by atoms with Crippen LogP contribution < -0.4 is 10.1 Å². The molecular weight excluding hydrogens is 322 g/mol. The molecule has 0 saturated heterocycles. The normalized spacial score (nSPS) is 10.6. The molecule has 0 bridgehead atoms. The van der Waals surface area contributed by atoms with Crippen molar-refractivity contribution in [2.75, 3.05) is 6.54 Å². The second-order valence-electron chi connectivity index (χ2n) is 5.31. The molecule has 0 spiro atoms. The van der Waals surface area contributed by atoms with Gasteiger partial charge < -0.3 is 14.5 Å². The molecule has 8 heteroatoms. The number of aromatic nitrogens is 4. The summed E-state index contributed by atoms with van der Waals surface area (Å²) in [5.41, 5.74) is 0.574. The third-order valence-corrected chi connectivity index (χ3v) is 3.63. The SMILES string of the molecule is CCn1nnnc1COc1ccc(C(=O)NCCc2ccco2)cc1. The van der Waals surface area contributed by atoms with Crippen molar-refractivity contribution in [2.45, 2.75) is 26.5 Å². The number of nitrogens with zero attached hydrogens (tertiary/aromatic N) is 4. The Bertz CT molecular complexity index is 796. The Morgan fingerprint density at radius 1 is 1.28 bits per heavy atom. The summed E-state index contributed by atoms with van der Waals surface area (Å²) in [6, 6.07) is 10.7. The van der Waals surface area contributed by atoms with Crippen LogP contribution >= 0.6 is 0 Å². The van der Waals surface area contributed by atoms with Gasteiger partial charge in [-0.1, -0.05) is 0 Å². The smallest absolute Gasteiger partial charge is 0.251 e. The van der Waals surface area contributed by atoms with Crippen LogP contribution in [0.2, 0.25) is 0 Å². The van der Waals surface area contributed by atoms with E-state index in [1.54, 1.807) is 35.2 Å². The maximum absolute atomic E-state index is 12.1. The van der Waals surface area contributed by atoms with Crippen LogP contribution in [-0.4, -0.2) is 32.7 Å². The molecule has 2 heterocycles. The lowest BCUT2D eigenvalue weighted by Crippen LogP contribution is -2.25. The fraction of sp³-hybridized carbons (Fsp3) is 0.294. The summed E-state index contributed by atoms with van der Waals surface area (Å²) in [6.45, 7) is 3.43. The van der Waals surface area contributed by atoms with Crippen LogP contribution in [0.15, 0.2) is 47.1 Å². The largest absolute Gasteiger partial charge is 0.486 e. The van der Waals surface area contributed by atoms with Crippen LogP contribution in [-0.2, 0) is 19.6 Å². The van der Waals surface area contributed by atoms with Crippen molar-refractivity contribution in [3.05, 3.63) is 59.8 Å². The van der Waals surface area contributed by atoms with Crippen LogP contribution in [0, 0.1) is 0 Å². The lowest BCUT2D eigenvalue weighted by molar-refractivity contribution is 0.0953. The van der Waals surface area contributed by atoms with Gasteiger partial charge >= 0.3 is 0 Å². The van der Waals surface area contributed by atoms with Gasteiger partial charge in [-0.25, -0.2) is 4.68 Å². The fourth-order valence-corrected chi connectivity index (χ4v) is 2.28. The number of ether oxygens (including phenoxy) is 1. The Hall–Kier alpha value is -3.16. The predicted octanol–water partition coefficient (Wildman–Crippen LogP) is 1.84. The molecule has 0 fully saturated rings. The zero-order chi connectivity index (χ0) is 17.5. The third-order valence-electron chi connectivity index (χ3n) is 3.63. The summed E-state index contributed by atoms with van der Waals surface area (Å²) >= 11 is 0. The Morgan fingerprint density at radius 2 is 2.12 bits per heavy atom. The molecule has 0 atom stereocenters. The van der Waals surface area contributed by atoms with Gasteiger partial charge in [-0.2, -0.15) is 0 Å². The van der Waals surface area contributed by atoms with Gasteiger partial charge in [0.2, 0.25) is 0 Å². The molecule has 0 aliphatic heterocycles. The van der Waals surface area contributed by atoms with Gasteiger partial charge in [0.25, 0.3) is 5.91 Å². The monoisotopic (exact) mass is 341 g/mol. The van der Waals surface area contributed by atoms with Crippen molar-refractivity contribution in [1.82, 2.24) is 25.5 Å². The number of rotatable bonds is 8. The van der Waals surface area contributed by atoms with Gasteiger partial charge in [-0.15, -0.1) is 5.10 Å². The molecule has 1 N–H and O–H groups in total. The average Bonchev–Trinajstić information content (AvgIpc) is 3.31. The fourth-order valence-electron chi connectivity index (χ4n) is 2.28. The van der Waals surface area contributed by atoms with Gasteiger partial charge in [-0.3, -0.25) is 4.79 Å². The molecule has 0 aliphatic rings. The molecule has 2 aromatic heterocycles. The highest BCUT2D eigenvalue weighted by atomic mass is 16.5. The van der Waals surface area contributed by atoms with E-state index in [1.165, 1.54) is 0 Å². The number of carbonyl (C=O) groups is 1. The maximum atomic E-state index is 12.1. The van der Waals surface area contributed by atoms with Crippen LogP contribution in [0.25, 0.3) is 0 Å². The standard InChI is InChI=1S/C17H19N5O3/c1-2-22-16(19-20-21-22)12-25-15-7-5-13(6-8-15)17(23)18-10-9-14-4-3-11-24-14/h3-8,11H,2,9-10,12H2,1H3,(H,18,23). The first-order chi connectivity index (χ1) is 12.3. The van der Waals surface area contributed by atoms with Crippen LogP contribution in [0.3, 0.4) is 0 Å². The molecule has 25 heavy (non-hydrogen) atoms. The summed E-state index contributed by atoms with van der Waals surface area (Å²) in [5, 5.41) is 14.2. The topological polar surface area (TPSA) is 95.1 Å². The third kappa shape index (κ3) is 4.43. The molecule has 3 aromatic rings. The van der Waals surface area contributed by atoms with Gasteiger partial charge in [0.05, 0.1) is 6.26 Å². The van der Waals surface area contributed by atoms with Crippen LogP contribution in [0.5, 0.6) is 5.75 Å². The zero-order valence-electron chi connectivity index (χ0n) is 13.9. The molecule has 8 nitrogen and oxygen atoms in total. The van der Waals surface area contributed by atoms with E-state index in [1.807, 2.05) is 19.1 Å². The van der Waals surface area contributed by atoms with E-state index < -0.39 is 0 Å². The number of benzene rings is 1. The summed E-state index contributed by atoms with van der Waals surface area (Å²) in [4.78, 5) is 12.1. The molecule has 1 aromatic carbocycles. The summed E-state index contributed by atoms with van der Waals surface area (Å²) < 4.78 is 12.5. The molecule has 0 aliphatic carbocycles. The molecule has 130 valence electrons. The number of carbonyl (C=O) groups excluding carboxylic acids is 1. The molecule has 1 amide bonds. The number of hydrogen-bond acceptors (Lipinski definition) is 6. The Morgan fingerprint density at radius 3 is 2.84 bits per heavy atom. The molecule has 0 radical (unpaired) electrons. The Labute approximate surface area is 144 Å². The lowest BCUT2D eigenvalue weighted by atomic mass is 10.2. The second-order valence-corrected chi connectivity index (χ2v) is 5.31. The number of aryl methyl sites for hydroxylation is 1. The number of tetrazole rings is 1. The van der Waals surface area contributed by atoms with Gasteiger partial charge in [0, 0.05) is 25.1 Å². The minimum Gasteiger partial charge on any atom is -0.486 e. The first kappa shape index (κ1) is 16.7. The van der Waals surface area contributed by atoms with E-state index in [0.717, 1.165) is 5.76 Å². The van der Waals surface area contributed by atoms with Crippen LogP contribution in [0.4, 0.5) is 0 Å². The van der Waals surface area contributed by atoms with Crippen molar-refractivity contribution in [2.24, 2.45) is 0 Å². The van der Waals surface area contributed by atoms with Crippen molar-refractivity contribution in [3.63, 3.8) is 0 Å². The van der Waals surface area contributed by atoms with E-state index in [2.05, 4.69) is 20.8 Å². The molecule has 0 unspecified atom stereocenters. The highest BCUT2D eigenvalue weighted by Gasteiger charge is 2.08. The van der Waals surface area contributed by atoms with Crippen molar-refractivity contribution >= 4 is 5.91 Å². The number of amides is 1. The van der Waals surface area contributed by atoms with E-state index in [0.29, 0.717) is 36.6 Å². The number of nitrogens with one attached hydrogen (secondary N) is 1.